The number of amides is 1. The van der Waals surface area contributed by atoms with E-state index in [0.717, 1.165) is 11.1 Å². The van der Waals surface area contributed by atoms with E-state index in [2.05, 4.69) is 5.32 Å². The number of hydrogen-bond acceptors (Lipinski definition) is 3. The molecule has 0 unspecified atom stereocenters. The number of nitrogens with zero attached hydrogens (tertiary/aromatic N) is 1. The van der Waals surface area contributed by atoms with Gasteiger partial charge in [0, 0.05) is 19.7 Å². The summed E-state index contributed by atoms with van der Waals surface area (Å²) >= 11 is 0. The lowest BCUT2D eigenvalue weighted by molar-refractivity contribution is -0.114. The molecule has 2 rings (SSSR count). The first kappa shape index (κ1) is 17.0. The van der Waals surface area contributed by atoms with Gasteiger partial charge in [-0.05, 0) is 49.2 Å². The van der Waals surface area contributed by atoms with E-state index in [9.17, 15) is 13.2 Å². The van der Waals surface area contributed by atoms with Crippen molar-refractivity contribution >= 4 is 27.3 Å². The fourth-order valence-corrected chi connectivity index (χ4v) is 3.82. The molecule has 0 radical (unpaired) electrons. The van der Waals surface area contributed by atoms with Crippen LogP contribution < -0.4 is 9.62 Å². The Balaban J connectivity index is 2.39. The van der Waals surface area contributed by atoms with E-state index in [1.807, 2.05) is 32.0 Å². The van der Waals surface area contributed by atoms with Crippen LogP contribution >= 0.6 is 0 Å². The van der Waals surface area contributed by atoms with Crippen LogP contribution in [-0.4, -0.2) is 21.4 Å². The predicted molar refractivity (Wildman–Crippen MR) is 92.3 cm³/mol. The van der Waals surface area contributed by atoms with Crippen molar-refractivity contribution in [3.63, 3.8) is 0 Å². The average Bonchev–Trinajstić information content (AvgIpc) is 2.46. The Bertz CT molecular complexity index is 807. The van der Waals surface area contributed by atoms with E-state index in [-0.39, 0.29) is 10.8 Å². The molecule has 6 heteroatoms. The zero-order valence-corrected chi connectivity index (χ0v) is 14.4. The second-order valence-corrected chi connectivity index (χ2v) is 7.39. The van der Waals surface area contributed by atoms with Crippen LogP contribution in [0.1, 0.15) is 18.1 Å². The average molecular weight is 332 g/mol. The molecular formula is C17H20N2O3S. The van der Waals surface area contributed by atoms with Gasteiger partial charge < -0.3 is 5.32 Å². The molecule has 0 heterocycles. The molecule has 2 aromatic rings. The van der Waals surface area contributed by atoms with Gasteiger partial charge in [0.05, 0.1) is 10.6 Å². The molecule has 0 bridgehead atoms. The zero-order valence-electron chi connectivity index (χ0n) is 13.6. The van der Waals surface area contributed by atoms with Gasteiger partial charge in [0.1, 0.15) is 0 Å². The van der Waals surface area contributed by atoms with Gasteiger partial charge in [0.25, 0.3) is 10.0 Å². The van der Waals surface area contributed by atoms with Gasteiger partial charge in [-0.3, -0.25) is 9.10 Å². The van der Waals surface area contributed by atoms with Crippen LogP contribution in [0.15, 0.2) is 47.4 Å². The molecule has 0 saturated heterocycles. The molecule has 0 aliphatic heterocycles. The molecular weight excluding hydrogens is 312 g/mol. The van der Waals surface area contributed by atoms with Gasteiger partial charge in [0.2, 0.25) is 5.91 Å². The maximum atomic E-state index is 12.8. The lowest BCUT2D eigenvalue weighted by atomic mass is 10.1. The topological polar surface area (TPSA) is 66.5 Å². The summed E-state index contributed by atoms with van der Waals surface area (Å²) in [6.45, 7) is 5.17. The number of hydrogen-bond donors (Lipinski definition) is 1. The predicted octanol–water partition coefficient (Wildman–Crippen LogP) is 3.09. The van der Waals surface area contributed by atoms with Gasteiger partial charge >= 0.3 is 0 Å². The van der Waals surface area contributed by atoms with E-state index in [0.29, 0.717) is 11.4 Å². The van der Waals surface area contributed by atoms with Crippen LogP contribution in [0.4, 0.5) is 11.4 Å². The standard InChI is InChI=1S/C17H20N2O3S/c1-12-6-5-7-13(2)17(12)19(4)23(21,22)16-10-8-15(9-11-16)18-14(3)20/h5-11H,1-4H3,(H,18,20). The highest BCUT2D eigenvalue weighted by molar-refractivity contribution is 7.92. The Hall–Kier alpha value is -2.34. The fourth-order valence-electron chi connectivity index (χ4n) is 2.49. The molecule has 1 N–H and O–H groups in total. The van der Waals surface area contributed by atoms with Crippen molar-refractivity contribution in [2.75, 3.05) is 16.7 Å². The van der Waals surface area contributed by atoms with Crippen molar-refractivity contribution in [3.8, 4) is 0 Å². The Morgan fingerprint density at radius 1 is 1.00 bits per heavy atom. The number of benzene rings is 2. The summed E-state index contributed by atoms with van der Waals surface area (Å²) in [6.07, 6.45) is 0. The lowest BCUT2D eigenvalue weighted by Gasteiger charge is -2.23. The molecule has 23 heavy (non-hydrogen) atoms. The van der Waals surface area contributed by atoms with E-state index >= 15 is 0 Å². The third-order valence-electron chi connectivity index (χ3n) is 3.59. The number of carbonyl (C=O) groups excluding carboxylic acids is 1. The molecule has 0 fully saturated rings. The number of anilines is 2. The summed E-state index contributed by atoms with van der Waals surface area (Å²) in [5, 5.41) is 2.62. The van der Waals surface area contributed by atoms with Gasteiger partial charge in [-0.1, -0.05) is 18.2 Å². The van der Waals surface area contributed by atoms with Crippen LogP contribution in [0.3, 0.4) is 0 Å². The highest BCUT2D eigenvalue weighted by Gasteiger charge is 2.23. The van der Waals surface area contributed by atoms with Crippen LogP contribution in [0.5, 0.6) is 0 Å². The van der Waals surface area contributed by atoms with Crippen molar-refractivity contribution in [1.29, 1.82) is 0 Å². The number of carbonyl (C=O) groups is 1. The van der Waals surface area contributed by atoms with Crippen LogP contribution in [0, 0.1) is 13.8 Å². The monoisotopic (exact) mass is 332 g/mol. The van der Waals surface area contributed by atoms with E-state index in [4.69, 9.17) is 0 Å². The zero-order chi connectivity index (χ0) is 17.2. The molecule has 5 nitrogen and oxygen atoms in total. The molecule has 122 valence electrons. The highest BCUT2D eigenvalue weighted by Crippen LogP contribution is 2.28. The quantitative estimate of drug-likeness (QED) is 0.935. The van der Waals surface area contributed by atoms with Gasteiger partial charge in [-0.15, -0.1) is 0 Å². The van der Waals surface area contributed by atoms with Gasteiger partial charge in [-0.25, -0.2) is 8.42 Å². The van der Waals surface area contributed by atoms with E-state index in [1.54, 1.807) is 19.2 Å². The minimum Gasteiger partial charge on any atom is -0.326 e. The Morgan fingerprint density at radius 2 is 1.52 bits per heavy atom. The Labute approximate surface area is 137 Å². The van der Waals surface area contributed by atoms with Gasteiger partial charge in [-0.2, -0.15) is 0 Å². The van der Waals surface area contributed by atoms with Crippen molar-refractivity contribution in [1.82, 2.24) is 0 Å². The second kappa shape index (κ2) is 6.42. The Morgan fingerprint density at radius 3 is 2.00 bits per heavy atom. The van der Waals surface area contributed by atoms with Crippen molar-refractivity contribution in [3.05, 3.63) is 53.6 Å². The Kier molecular flexibility index (Phi) is 4.75. The first-order chi connectivity index (χ1) is 10.7. The third-order valence-corrected chi connectivity index (χ3v) is 5.36. The number of nitrogens with one attached hydrogen (secondary N) is 1. The van der Waals surface area contributed by atoms with Gasteiger partial charge in [0.15, 0.2) is 0 Å². The maximum Gasteiger partial charge on any atom is 0.264 e. The SMILES string of the molecule is CC(=O)Nc1ccc(S(=O)(=O)N(C)c2c(C)cccc2C)cc1. The summed E-state index contributed by atoms with van der Waals surface area (Å²) in [5.74, 6) is -0.201. The van der Waals surface area contributed by atoms with Crippen molar-refractivity contribution in [2.24, 2.45) is 0 Å². The first-order valence-electron chi connectivity index (χ1n) is 7.16. The summed E-state index contributed by atoms with van der Waals surface area (Å²) < 4.78 is 26.9. The number of aryl methyl sites for hydroxylation is 2. The number of rotatable bonds is 4. The molecule has 2 aromatic carbocycles. The largest absolute Gasteiger partial charge is 0.326 e. The first-order valence-corrected chi connectivity index (χ1v) is 8.60. The van der Waals surface area contributed by atoms with E-state index in [1.165, 1.54) is 23.4 Å². The molecule has 0 spiro atoms. The van der Waals surface area contributed by atoms with Crippen molar-refractivity contribution in [2.45, 2.75) is 25.7 Å². The number of para-hydroxylation sites is 1. The molecule has 1 amide bonds. The van der Waals surface area contributed by atoms with Crippen LogP contribution in [0.2, 0.25) is 0 Å². The normalized spacial score (nSPS) is 11.1. The minimum absolute atomic E-state index is 0.178. The minimum atomic E-state index is -3.66. The summed E-state index contributed by atoms with van der Waals surface area (Å²) in [4.78, 5) is 11.2. The molecule has 0 aromatic heterocycles. The lowest BCUT2D eigenvalue weighted by Crippen LogP contribution is -2.28. The van der Waals surface area contributed by atoms with Crippen molar-refractivity contribution < 1.29 is 13.2 Å². The second-order valence-electron chi connectivity index (χ2n) is 5.42. The molecule has 0 aliphatic carbocycles. The summed E-state index contributed by atoms with van der Waals surface area (Å²) in [6, 6.07) is 11.8. The maximum absolute atomic E-state index is 12.8. The molecule has 0 saturated carbocycles. The summed E-state index contributed by atoms with van der Waals surface area (Å²) in [7, 11) is -2.11. The van der Waals surface area contributed by atoms with Crippen LogP contribution in [-0.2, 0) is 14.8 Å². The highest BCUT2D eigenvalue weighted by atomic mass is 32.2. The molecule has 0 aliphatic rings. The number of sulfonamides is 1. The summed E-state index contributed by atoms with van der Waals surface area (Å²) in [5.41, 5.74) is 3.03. The fraction of sp³-hybridized carbons (Fsp3) is 0.235. The van der Waals surface area contributed by atoms with Crippen LogP contribution in [0.25, 0.3) is 0 Å². The molecule has 0 atom stereocenters. The smallest absolute Gasteiger partial charge is 0.264 e. The van der Waals surface area contributed by atoms with E-state index < -0.39 is 10.0 Å². The third kappa shape index (κ3) is 3.53.